The minimum Gasteiger partial charge on any atom is -0.336 e. The highest BCUT2D eigenvalue weighted by Gasteiger charge is 2.29. The summed E-state index contributed by atoms with van der Waals surface area (Å²) in [6.45, 7) is 4.69. The number of nitrogens with one attached hydrogen (secondary N) is 1. The minimum absolute atomic E-state index is 0.112. The third-order valence-corrected chi connectivity index (χ3v) is 5.60. The van der Waals surface area contributed by atoms with E-state index in [9.17, 15) is 9.59 Å². The molecular weight excluding hydrogens is 346 g/mol. The number of aromatic nitrogens is 2. The lowest BCUT2D eigenvalue weighted by atomic mass is 10.0. The average Bonchev–Trinajstić information content (AvgIpc) is 3.11. The molecular formula is C20H25N3O2S. The van der Waals surface area contributed by atoms with E-state index in [0.717, 1.165) is 19.4 Å². The van der Waals surface area contributed by atoms with Crippen LogP contribution in [0.1, 0.15) is 47.7 Å². The smallest absolute Gasteiger partial charge is 0.254 e. The lowest BCUT2D eigenvalue weighted by molar-refractivity contribution is -0.132. The Morgan fingerprint density at radius 1 is 1.31 bits per heavy atom. The largest absolute Gasteiger partial charge is 0.336 e. The first kappa shape index (κ1) is 18.7. The molecule has 0 saturated carbocycles. The summed E-state index contributed by atoms with van der Waals surface area (Å²) in [4.78, 5) is 34.2. The molecule has 0 aliphatic carbocycles. The van der Waals surface area contributed by atoms with E-state index in [1.54, 1.807) is 0 Å². The van der Waals surface area contributed by atoms with Gasteiger partial charge in [0.2, 0.25) is 5.91 Å². The third-order valence-electron chi connectivity index (χ3n) is 5.02. The van der Waals surface area contributed by atoms with Crippen LogP contribution in [0.5, 0.6) is 0 Å². The van der Waals surface area contributed by atoms with Crippen molar-refractivity contribution in [3.05, 3.63) is 57.0 Å². The summed E-state index contributed by atoms with van der Waals surface area (Å²) in [6.07, 6.45) is 4.66. The Labute approximate surface area is 158 Å². The van der Waals surface area contributed by atoms with E-state index in [-0.39, 0.29) is 17.5 Å². The molecule has 1 amide bonds. The minimum atomic E-state index is -0.133. The second kappa shape index (κ2) is 8.08. The highest BCUT2D eigenvalue weighted by molar-refractivity contribution is 7.98. The maximum Gasteiger partial charge on any atom is 0.254 e. The van der Waals surface area contributed by atoms with Gasteiger partial charge in [-0.25, -0.2) is 4.98 Å². The Morgan fingerprint density at radius 2 is 2.04 bits per heavy atom. The van der Waals surface area contributed by atoms with Gasteiger partial charge in [-0.05, 0) is 44.9 Å². The van der Waals surface area contributed by atoms with E-state index in [1.165, 1.54) is 22.9 Å². The summed E-state index contributed by atoms with van der Waals surface area (Å²) < 4.78 is 0. The predicted molar refractivity (Wildman–Crippen MR) is 105 cm³/mol. The van der Waals surface area contributed by atoms with Crippen molar-refractivity contribution in [2.75, 3.05) is 12.8 Å². The quantitative estimate of drug-likeness (QED) is 0.646. The van der Waals surface area contributed by atoms with Crippen molar-refractivity contribution in [3.8, 4) is 0 Å². The van der Waals surface area contributed by atoms with Crippen molar-refractivity contribution >= 4 is 17.7 Å². The topological polar surface area (TPSA) is 66.1 Å². The van der Waals surface area contributed by atoms with Crippen molar-refractivity contribution in [2.24, 2.45) is 0 Å². The summed E-state index contributed by atoms with van der Waals surface area (Å²) in [5.41, 5.74) is 3.61. The van der Waals surface area contributed by atoms with E-state index in [1.807, 2.05) is 18.1 Å². The average molecular weight is 372 g/mol. The van der Waals surface area contributed by atoms with Gasteiger partial charge in [-0.1, -0.05) is 41.6 Å². The number of carbonyl (C=O) groups excluding carboxylic acids is 1. The van der Waals surface area contributed by atoms with E-state index >= 15 is 0 Å². The van der Waals surface area contributed by atoms with Gasteiger partial charge in [0.1, 0.15) is 0 Å². The van der Waals surface area contributed by atoms with Crippen LogP contribution in [-0.2, 0) is 11.2 Å². The number of aromatic amines is 1. The molecule has 3 rings (SSSR count). The van der Waals surface area contributed by atoms with Crippen molar-refractivity contribution in [2.45, 2.75) is 50.7 Å². The standard InChI is InChI=1S/C20H25N3O2S/c1-13-6-8-15(9-7-13)17-5-4-12-23(17)18(24)11-10-16-14(2)21-20(26-3)22-19(16)25/h6-9,17H,4-5,10-12H2,1-3H3,(H,21,22,25). The molecule has 1 saturated heterocycles. The van der Waals surface area contributed by atoms with Gasteiger partial charge in [0.05, 0.1) is 6.04 Å². The van der Waals surface area contributed by atoms with Crippen LogP contribution in [0.25, 0.3) is 0 Å². The molecule has 0 bridgehead atoms. The molecule has 1 atom stereocenters. The monoisotopic (exact) mass is 371 g/mol. The molecule has 1 aliphatic heterocycles. The van der Waals surface area contributed by atoms with Crippen molar-refractivity contribution in [1.82, 2.24) is 14.9 Å². The normalized spacial score (nSPS) is 16.9. The number of carbonyl (C=O) groups is 1. The van der Waals surface area contributed by atoms with Crippen molar-refractivity contribution in [1.29, 1.82) is 0 Å². The van der Waals surface area contributed by atoms with Crippen LogP contribution in [0.2, 0.25) is 0 Å². The van der Waals surface area contributed by atoms with Crippen molar-refractivity contribution in [3.63, 3.8) is 0 Å². The van der Waals surface area contributed by atoms with Crippen LogP contribution in [0.4, 0.5) is 0 Å². The number of benzene rings is 1. The number of rotatable bonds is 5. The van der Waals surface area contributed by atoms with Crippen LogP contribution >= 0.6 is 11.8 Å². The van der Waals surface area contributed by atoms with Gasteiger partial charge in [-0.3, -0.25) is 9.59 Å². The molecule has 2 aromatic rings. The van der Waals surface area contributed by atoms with Crippen LogP contribution in [0.15, 0.2) is 34.2 Å². The molecule has 1 aromatic carbocycles. The number of aryl methyl sites for hydroxylation is 2. The fourth-order valence-corrected chi connectivity index (χ4v) is 3.97. The molecule has 1 unspecified atom stereocenters. The highest BCUT2D eigenvalue weighted by Crippen LogP contribution is 2.32. The van der Waals surface area contributed by atoms with Gasteiger partial charge in [0.25, 0.3) is 5.56 Å². The zero-order valence-corrected chi connectivity index (χ0v) is 16.4. The van der Waals surface area contributed by atoms with E-state index in [0.29, 0.717) is 29.3 Å². The van der Waals surface area contributed by atoms with E-state index < -0.39 is 0 Å². The van der Waals surface area contributed by atoms with Gasteiger partial charge in [-0.15, -0.1) is 0 Å². The molecule has 1 fully saturated rings. The molecule has 6 heteroatoms. The molecule has 1 aliphatic rings. The Balaban J connectivity index is 1.70. The van der Waals surface area contributed by atoms with Crippen LogP contribution in [-0.4, -0.2) is 33.6 Å². The maximum atomic E-state index is 12.8. The second-order valence-corrected chi connectivity index (χ2v) is 7.59. The van der Waals surface area contributed by atoms with E-state index in [2.05, 4.69) is 41.2 Å². The number of H-pyrrole nitrogens is 1. The van der Waals surface area contributed by atoms with Gasteiger partial charge < -0.3 is 9.88 Å². The zero-order chi connectivity index (χ0) is 18.7. The number of hydrogen-bond donors (Lipinski definition) is 1. The molecule has 138 valence electrons. The maximum absolute atomic E-state index is 12.8. The first-order valence-electron chi connectivity index (χ1n) is 8.99. The van der Waals surface area contributed by atoms with Crippen molar-refractivity contribution < 1.29 is 4.79 Å². The summed E-state index contributed by atoms with van der Waals surface area (Å²) >= 11 is 1.41. The third kappa shape index (κ3) is 4.01. The first-order chi connectivity index (χ1) is 12.5. The Morgan fingerprint density at radius 3 is 2.69 bits per heavy atom. The fourth-order valence-electron chi connectivity index (χ4n) is 3.55. The molecule has 26 heavy (non-hydrogen) atoms. The number of amides is 1. The number of hydrogen-bond acceptors (Lipinski definition) is 4. The van der Waals surface area contributed by atoms with Crippen LogP contribution in [0, 0.1) is 13.8 Å². The highest BCUT2D eigenvalue weighted by atomic mass is 32.2. The number of likely N-dealkylation sites (tertiary alicyclic amines) is 1. The molecule has 1 aromatic heterocycles. The Hall–Kier alpha value is -2.08. The van der Waals surface area contributed by atoms with Gasteiger partial charge >= 0.3 is 0 Å². The molecule has 2 heterocycles. The molecule has 5 nitrogen and oxygen atoms in total. The summed E-state index contributed by atoms with van der Waals surface area (Å²) in [7, 11) is 0. The molecule has 1 N–H and O–H groups in total. The Bertz CT molecular complexity index is 845. The van der Waals surface area contributed by atoms with Gasteiger partial charge in [0, 0.05) is 24.2 Å². The summed E-state index contributed by atoms with van der Waals surface area (Å²) in [6, 6.07) is 8.58. The van der Waals surface area contributed by atoms with Crippen LogP contribution < -0.4 is 5.56 Å². The second-order valence-electron chi connectivity index (χ2n) is 6.80. The number of thioether (sulfide) groups is 1. The van der Waals surface area contributed by atoms with E-state index in [4.69, 9.17) is 0 Å². The fraction of sp³-hybridized carbons (Fsp3) is 0.450. The summed E-state index contributed by atoms with van der Waals surface area (Å²) in [5, 5.41) is 0.613. The zero-order valence-electron chi connectivity index (χ0n) is 15.5. The summed E-state index contributed by atoms with van der Waals surface area (Å²) in [5.74, 6) is 0.112. The molecule has 0 radical (unpaired) electrons. The van der Waals surface area contributed by atoms with Crippen LogP contribution in [0.3, 0.4) is 0 Å². The Kier molecular flexibility index (Phi) is 5.81. The lowest BCUT2D eigenvalue weighted by Gasteiger charge is -2.25. The lowest BCUT2D eigenvalue weighted by Crippen LogP contribution is -2.31. The number of nitrogens with zero attached hydrogens (tertiary/aromatic N) is 2. The SMILES string of the molecule is CSc1nc(C)c(CCC(=O)N2CCCC2c2ccc(C)cc2)c(=O)[nH]1. The molecule has 0 spiro atoms. The predicted octanol–water partition coefficient (Wildman–Crippen LogP) is 3.40. The first-order valence-corrected chi connectivity index (χ1v) is 10.2. The van der Waals surface area contributed by atoms with Gasteiger partial charge in [-0.2, -0.15) is 0 Å². The van der Waals surface area contributed by atoms with Gasteiger partial charge in [0.15, 0.2) is 5.16 Å².